The molecule has 3 aliphatic rings. The van der Waals surface area contributed by atoms with Gasteiger partial charge in [-0.1, -0.05) is 32.3 Å². The van der Waals surface area contributed by atoms with E-state index in [4.69, 9.17) is 0 Å². The summed E-state index contributed by atoms with van der Waals surface area (Å²) < 4.78 is 29.1. The minimum absolute atomic E-state index is 0.227. The predicted molar refractivity (Wildman–Crippen MR) is 122 cm³/mol. The molecule has 0 amide bonds. The van der Waals surface area contributed by atoms with Crippen LogP contribution in [0.15, 0.2) is 24.8 Å². The summed E-state index contributed by atoms with van der Waals surface area (Å²) in [5.41, 5.74) is 1.12. The molecule has 4 unspecified atom stereocenters. The van der Waals surface area contributed by atoms with E-state index in [1.807, 2.05) is 0 Å². The molecule has 0 nitrogen and oxygen atoms in total. The van der Waals surface area contributed by atoms with Gasteiger partial charge in [-0.05, 0) is 117 Å². The van der Waals surface area contributed by atoms with E-state index in [9.17, 15) is 8.78 Å². The van der Waals surface area contributed by atoms with Gasteiger partial charge in [0, 0.05) is 5.56 Å². The van der Waals surface area contributed by atoms with Crippen LogP contribution in [0.1, 0.15) is 101 Å². The van der Waals surface area contributed by atoms with Gasteiger partial charge in [0.05, 0.1) is 0 Å². The maximum absolute atomic E-state index is 14.6. The fourth-order valence-electron chi connectivity index (χ4n) is 7.07. The van der Waals surface area contributed by atoms with Crippen molar-refractivity contribution in [2.75, 3.05) is 0 Å². The summed E-state index contributed by atoms with van der Waals surface area (Å²) in [5.74, 6) is 4.12. The highest BCUT2D eigenvalue weighted by molar-refractivity contribution is 5.29. The van der Waals surface area contributed by atoms with Crippen LogP contribution in [0.4, 0.5) is 8.78 Å². The van der Waals surface area contributed by atoms with Crippen LogP contribution >= 0.6 is 0 Å². The third-order valence-electron chi connectivity index (χ3n) is 9.02. The molecule has 30 heavy (non-hydrogen) atoms. The van der Waals surface area contributed by atoms with Crippen molar-refractivity contribution in [1.82, 2.24) is 0 Å². The van der Waals surface area contributed by atoms with Crippen molar-refractivity contribution >= 4 is 0 Å². The molecule has 166 valence electrons. The lowest BCUT2D eigenvalue weighted by atomic mass is 9.60. The van der Waals surface area contributed by atoms with E-state index >= 15 is 0 Å². The van der Waals surface area contributed by atoms with E-state index < -0.39 is 0 Å². The first kappa shape index (κ1) is 22.0. The maximum atomic E-state index is 14.6. The molecule has 0 aromatic heterocycles. The quantitative estimate of drug-likeness (QED) is 0.409. The van der Waals surface area contributed by atoms with Crippen LogP contribution in [0, 0.1) is 41.2 Å². The summed E-state index contributed by atoms with van der Waals surface area (Å²) in [7, 11) is 0. The van der Waals surface area contributed by atoms with Gasteiger partial charge in [-0.15, -0.1) is 6.58 Å². The van der Waals surface area contributed by atoms with Crippen molar-refractivity contribution in [3.8, 4) is 0 Å². The van der Waals surface area contributed by atoms with Crippen molar-refractivity contribution in [2.24, 2.45) is 29.6 Å². The van der Waals surface area contributed by atoms with Crippen LogP contribution in [-0.2, 0) is 6.42 Å². The zero-order valence-electron chi connectivity index (χ0n) is 18.9. The van der Waals surface area contributed by atoms with E-state index in [-0.39, 0.29) is 17.2 Å². The molecule has 0 saturated heterocycles. The van der Waals surface area contributed by atoms with Crippen molar-refractivity contribution in [3.05, 3.63) is 47.5 Å². The number of benzene rings is 1. The van der Waals surface area contributed by atoms with Crippen LogP contribution in [0.3, 0.4) is 0 Å². The Morgan fingerprint density at radius 2 is 1.40 bits per heavy atom. The lowest BCUT2D eigenvalue weighted by molar-refractivity contribution is 0.0716. The number of fused-ring (bicyclic) bond motifs is 1. The highest BCUT2D eigenvalue weighted by atomic mass is 19.1. The molecule has 4 atom stereocenters. The molecule has 0 radical (unpaired) electrons. The second-order valence-corrected chi connectivity index (χ2v) is 10.6. The molecule has 1 aromatic carbocycles. The van der Waals surface area contributed by atoms with Gasteiger partial charge in [0.15, 0.2) is 0 Å². The Hall–Kier alpha value is -1.18. The molecule has 0 N–H and O–H groups in total. The number of halogens is 2. The van der Waals surface area contributed by atoms with Crippen molar-refractivity contribution in [3.63, 3.8) is 0 Å². The summed E-state index contributed by atoms with van der Waals surface area (Å²) in [5, 5.41) is 0. The Morgan fingerprint density at radius 3 is 2.03 bits per heavy atom. The van der Waals surface area contributed by atoms with Gasteiger partial charge in [-0.3, -0.25) is 0 Å². The summed E-state index contributed by atoms with van der Waals surface area (Å²) in [6.45, 7) is 6.01. The molecule has 3 aliphatic carbocycles. The van der Waals surface area contributed by atoms with Gasteiger partial charge in [-0.2, -0.15) is 0 Å². The Balaban J connectivity index is 1.35. The van der Waals surface area contributed by atoms with E-state index in [1.54, 1.807) is 18.2 Å². The van der Waals surface area contributed by atoms with E-state index in [1.165, 1.54) is 57.8 Å². The zero-order chi connectivity index (χ0) is 21.1. The van der Waals surface area contributed by atoms with E-state index in [2.05, 4.69) is 13.5 Å². The molecule has 3 saturated carbocycles. The molecule has 2 heteroatoms. The summed E-state index contributed by atoms with van der Waals surface area (Å²) in [6, 6.07) is 3.26. The first-order valence-electron chi connectivity index (χ1n) is 12.7. The highest BCUT2D eigenvalue weighted by Crippen LogP contribution is 2.51. The second kappa shape index (κ2) is 9.96. The fraction of sp³-hybridized carbons (Fsp3) is 0.714. The molecule has 3 fully saturated rings. The molecule has 0 aliphatic heterocycles. The number of hydrogen-bond acceptors (Lipinski definition) is 0. The van der Waals surface area contributed by atoms with Gasteiger partial charge in [0.25, 0.3) is 0 Å². The van der Waals surface area contributed by atoms with Crippen LogP contribution in [0.2, 0.25) is 0 Å². The summed E-state index contributed by atoms with van der Waals surface area (Å²) in [4.78, 5) is 0. The standard InChI is InChI=1S/C28H40F2/c1-3-5-6-26-27(29)17-25(18-28(26)30)24-14-13-22-15-21(11-12-23(22)16-24)20-9-7-19(4-2)8-10-20/h3,17-24H,1,4-16H2,2H3. The SMILES string of the molecule is C=CCCc1c(F)cc(C2CCC3CC(C4CCC(CC)CC4)CCC3C2)cc1F. The van der Waals surface area contributed by atoms with Crippen LogP contribution in [0.5, 0.6) is 0 Å². The van der Waals surface area contributed by atoms with Gasteiger partial charge >= 0.3 is 0 Å². The number of rotatable bonds is 6. The van der Waals surface area contributed by atoms with Crippen molar-refractivity contribution in [2.45, 2.75) is 96.3 Å². The third kappa shape index (κ3) is 4.83. The normalized spacial score (nSPS) is 34.4. The second-order valence-electron chi connectivity index (χ2n) is 10.6. The highest BCUT2D eigenvalue weighted by Gasteiger charge is 2.39. The van der Waals surface area contributed by atoms with Gasteiger partial charge < -0.3 is 0 Å². The molecule has 0 spiro atoms. The Bertz CT molecular complexity index is 692. The average Bonchev–Trinajstić information content (AvgIpc) is 2.78. The topological polar surface area (TPSA) is 0 Å². The first-order valence-corrected chi connectivity index (χ1v) is 12.7. The van der Waals surface area contributed by atoms with E-state index in [0.29, 0.717) is 18.8 Å². The predicted octanol–water partition coefficient (Wildman–Crippen LogP) is 8.60. The minimum Gasteiger partial charge on any atom is -0.207 e. The van der Waals surface area contributed by atoms with Crippen LogP contribution in [0.25, 0.3) is 0 Å². The van der Waals surface area contributed by atoms with Crippen LogP contribution < -0.4 is 0 Å². The lowest BCUT2D eigenvalue weighted by Crippen LogP contribution is -2.34. The zero-order valence-corrected chi connectivity index (χ0v) is 18.9. The smallest absolute Gasteiger partial charge is 0.129 e. The largest absolute Gasteiger partial charge is 0.207 e. The number of hydrogen-bond donors (Lipinski definition) is 0. The Kier molecular flexibility index (Phi) is 7.32. The summed E-state index contributed by atoms with van der Waals surface area (Å²) >= 11 is 0. The van der Waals surface area contributed by atoms with Gasteiger partial charge in [0.1, 0.15) is 11.6 Å². The van der Waals surface area contributed by atoms with Gasteiger partial charge in [-0.25, -0.2) is 8.78 Å². The van der Waals surface area contributed by atoms with Crippen molar-refractivity contribution < 1.29 is 8.78 Å². The molecule has 1 aromatic rings. The minimum atomic E-state index is -0.361. The maximum Gasteiger partial charge on any atom is 0.129 e. The Labute approximate surface area is 182 Å². The number of allylic oxidation sites excluding steroid dienone is 1. The lowest BCUT2D eigenvalue weighted by Gasteiger charge is -2.45. The van der Waals surface area contributed by atoms with Gasteiger partial charge in [0.2, 0.25) is 0 Å². The average molecular weight is 415 g/mol. The Morgan fingerprint density at radius 1 is 0.833 bits per heavy atom. The molecule has 4 rings (SSSR count). The third-order valence-corrected chi connectivity index (χ3v) is 9.02. The molecular weight excluding hydrogens is 374 g/mol. The van der Waals surface area contributed by atoms with E-state index in [0.717, 1.165) is 48.0 Å². The first-order chi connectivity index (χ1) is 14.6. The summed E-state index contributed by atoms with van der Waals surface area (Å²) in [6.07, 6.45) is 17.5. The molecule has 0 heterocycles. The molecule has 0 bridgehead atoms. The van der Waals surface area contributed by atoms with Crippen LogP contribution in [-0.4, -0.2) is 0 Å². The molecular formula is C28H40F2. The van der Waals surface area contributed by atoms with Crippen molar-refractivity contribution in [1.29, 1.82) is 0 Å². The monoisotopic (exact) mass is 414 g/mol. The fourth-order valence-corrected chi connectivity index (χ4v) is 7.07.